The number of aliphatic hydroxyl groups excluding tert-OH is 1. The van der Waals surface area contributed by atoms with Crippen LogP contribution < -0.4 is 14.8 Å². The predicted octanol–water partition coefficient (Wildman–Crippen LogP) is 1.21. The first-order valence-electron chi connectivity index (χ1n) is 6.18. The maximum Gasteiger partial charge on any atom is 0.150 e. The van der Waals surface area contributed by atoms with Crippen molar-refractivity contribution >= 4 is 15.5 Å². The third-order valence-corrected chi connectivity index (χ3v) is 3.65. The first-order chi connectivity index (χ1) is 9.32. The van der Waals surface area contributed by atoms with Crippen LogP contribution in [0.2, 0.25) is 0 Å². The van der Waals surface area contributed by atoms with Gasteiger partial charge in [-0.1, -0.05) is 0 Å². The maximum atomic E-state index is 11.3. The third-order valence-electron chi connectivity index (χ3n) is 2.73. The standard InChI is InChI=1S/C13H21NO5S/c1-5-14-13-11(18-2)6-9(7-12(13)19-3)10(15)8-20(4,16)17/h6-7,10,14-15H,5,8H2,1-4H3. The molecule has 2 N–H and O–H groups in total. The molecule has 1 rings (SSSR count). The van der Waals surface area contributed by atoms with Crippen LogP contribution in [0.5, 0.6) is 11.5 Å². The van der Waals surface area contributed by atoms with E-state index in [4.69, 9.17) is 9.47 Å². The Hall–Kier alpha value is -1.47. The molecule has 0 spiro atoms. The van der Waals surface area contributed by atoms with E-state index >= 15 is 0 Å². The Bertz CT molecular complexity index is 531. The first-order valence-corrected chi connectivity index (χ1v) is 8.24. The van der Waals surface area contributed by atoms with Crippen LogP contribution in [0.15, 0.2) is 12.1 Å². The van der Waals surface area contributed by atoms with Crippen molar-refractivity contribution in [3.8, 4) is 11.5 Å². The van der Waals surface area contributed by atoms with Gasteiger partial charge >= 0.3 is 0 Å². The third kappa shape index (κ3) is 4.28. The van der Waals surface area contributed by atoms with Crippen LogP contribution in [0, 0.1) is 0 Å². The minimum Gasteiger partial charge on any atom is -0.494 e. The van der Waals surface area contributed by atoms with Crippen LogP contribution in [-0.4, -0.2) is 46.3 Å². The van der Waals surface area contributed by atoms with Crippen LogP contribution in [-0.2, 0) is 9.84 Å². The lowest BCUT2D eigenvalue weighted by Crippen LogP contribution is -2.13. The normalized spacial score (nSPS) is 12.8. The second kappa shape index (κ2) is 6.81. The van der Waals surface area contributed by atoms with Gasteiger partial charge in [0.05, 0.1) is 26.1 Å². The second-order valence-electron chi connectivity index (χ2n) is 4.44. The highest BCUT2D eigenvalue weighted by atomic mass is 32.2. The van der Waals surface area contributed by atoms with Gasteiger partial charge in [0.1, 0.15) is 27.0 Å². The number of anilines is 1. The lowest BCUT2D eigenvalue weighted by atomic mass is 10.1. The summed E-state index contributed by atoms with van der Waals surface area (Å²) in [6.07, 6.45) is -0.0407. The van der Waals surface area contributed by atoms with Crippen molar-refractivity contribution in [2.45, 2.75) is 13.0 Å². The van der Waals surface area contributed by atoms with Crippen molar-refractivity contribution in [2.75, 3.05) is 38.1 Å². The molecule has 0 saturated carbocycles. The fraction of sp³-hybridized carbons (Fsp3) is 0.538. The number of sulfone groups is 1. The fourth-order valence-electron chi connectivity index (χ4n) is 1.86. The van der Waals surface area contributed by atoms with E-state index in [1.807, 2.05) is 6.92 Å². The molecule has 0 aliphatic heterocycles. The van der Waals surface area contributed by atoms with Crippen LogP contribution in [0.4, 0.5) is 5.69 Å². The van der Waals surface area contributed by atoms with Gasteiger partial charge < -0.3 is 19.9 Å². The van der Waals surface area contributed by atoms with E-state index in [9.17, 15) is 13.5 Å². The molecule has 0 radical (unpaired) electrons. The zero-order valence-electron chi connectivity index (χ0n) is 12.1. The molecule has 7 heteroatoms. The molecule has 0 aliphatic rings. The highest BCUT2D eigenvalue weighted by Crippen LogP contribution is 2.37. The van der Waals surface area contributed by atoms with E-state index in [2.05, 4.69) is 5.32 Å². The monoisotopic (exact) mass is 303 g/mol. The number of ether oxygens (including phenoxy) is 2. The molecular formula is C13H21NO5S. The van der Waals surface area contributed by atoms with E-state index in [1.165, 1.54) is 14.2 Å². The molecule has 0 aromatic heterocycles. The summed E-state index contributed by atoms with van der Waals surface area (Å²) >= 11 is 0. The van der Waals surface area contributed by atoms with Crippen LogP contribution in [0.1, 0.15) is 18.6 Å². The Morgan fingerprint density at radius 2 is 1.75 bits per heavy atom. The summed E-state index contributed by atoms with van der Waals surface area (Å²) < 4.78 is 33.0. The number of methoxy groups -OCH3 is 2. The minimum absolute atomic E-state index is 0.347. The largest absolute Gasteiger partial charge is 0.494 e. The zero-order valence-corrected chi connectivity index (χ0v) is 13.0. The van der Waals surface area contributed by atoms with Crippen molar-refractivity contribution in [1.82, 2.24) is 0 Å². The van der Waals surface area contributed by atoms with E-state index < -0.39 is 15.9 Å². The second-order valence-corrected chi connectivity index (χ2v) is 6.62. The number of benzene rings is 1. The van der Waals surface area contributed by atoms with Crippen molar-refractivity contribution in [1.29, 1.82) is 0 Å². The molecule has 1 atom stereocenters. The Kier molecular flexibility index (Phi) is 5.64. The number of rotatable bonds is 7. The summed E-state index contributed by atoms with van der Waals surface area (Å²) in [4.78, 5) is 0. The molecule has 6 nitrogen and oxygen atoms in total. The summed E-state index contributed by atoms with van der Waals surface area (Å²) in [7, 11) is -0.274. The molecule has 1 unspecified atom stereocenters. The molecule has 1 aromatic carbocycles. The molecule has 1 aromatic rings. The van der Waals surface area contributed by atoms with Gasteiger partial charge in [-0.3, -0.25) is 0 Å². The molecular weight excluding hydrogens is 282 g/mol. The SMILES string of the molecule is CCNc1c(OC)cc(C(O)CS(C)(=O)=O)cc1OC. The Morgan fingerprint density at radius 1 is 1.25 bits per heavy atom. The quantitative estimate of drug-likeness (QED) is 0.787. The minimum atomic E-state index is -3.28. The van der Waals surface area contributed by atoms with Gasteiger partial charge in [0, 0.05) is 12.8 Å². The summed E-state index contributed by atoms with van der Waals surface area (Å²) in [5, 5.41) is 13.1. The number of hydrogen-bond donors (Lipinski definition) is 2. The van der Waals surface area contributed by atoms with Gasteiger partial charge in [0.2, 0.25) is 0 Å². The van der Waals surface area contributed by atoms with E-state index in [0.717, 1.165) is 6.26 Å². The summed E-state index contributed by atoms with van der Waals surface area (Å²) in [5.41, 5.74) is 1.11. The highest BCUT2D eigenvalue weighted by Gasteiger charge is 2.19. The summed E-state index contributed by atoms with van der Waals surface area (Å²) in [6.45, 7) is 2.61. The number of nitrogens with one attached hydrogen (secondary N) is 1. The molecule has 0 fully saturated rings. The van der Waals surface area contributed by atoms with E-state index in [1.54, 1.807) is 12.1 Å². The smallest absolute Gasteiger partial charge is 0.150 e. The van der Waals surface area contributed by atoms with Gasteiger partial charge in [-0.25, -0.2) is 8.42 Å². The zero-order chi connectivity index (χ0) is 15.3. The maximum absolute atomic E-state index is 11.3. The molecule has 0 aliphatic carbocycles. The summed E-state index contributed by atoms with van der Waals surface area (Å²) in [5.74, 6) is 0.641. The van der Waals surface area contributed by atoms with E-state index in [0.29, 0.717) is 29.3 Å². The Labute approximate surface area is 119 Å². The number of aliphatic hydroxyl groups is 1. The molecule has 0 amide bonds. The molecule has 20 heavy (non-hydrogen) atoms. The van der Waals surface area contributed by atoms with Crippen LogP contribution in [0.25, 0.3) is 0 Å². The van der Waals surface area contributed by atoms with Crippen LogP contribution in [0.3, 0.4) is 0 Å². The fourth-order valence-corrected chi connectivity index (χ4v) is 2.62. The average Bonchev–Trinajstić information content (AvgIpc) is 2.37. The van der Waals surface area contributed by atoms with Gasteiger partial charge in [0.25, 0.3) is 0 Å². The van der Waals surface area contributed by atoms with Crippen molar-refractivity contribution in [2.24, 2.45) is 0 Å². The van der Waals surface area contributed by atoms with Gasteiger partial charge in [-0.05, 0) is 24.6 Å². The van der Waals surface area contributed by atoms with Crippen molar-refractivity contribution in [3.05, 3.63) is 17.7 Å². The lowest BCUT2D eigenvalue weighted by Gasteiger charge is -2.18. The topological polar surface area (TPSA) is 84.9 Å². The Balaban J connectivity index is 3.22. The molecule has 0 saturated heterocycles. The average molecular weight is 303 g/mol. The van der Waals surface area contributed by atoms with Crippen molar-refractivity contribution in [3.63, 3.8) is 0 Å². The van der Waals surface area contributed by atoms with Gasteiger partial charge in [-0.15, -0.1) is 0 Å². The van der Waals surface area contributed by atoms with E-state index in [-0.39, 0.29) is 5.75 Å². The molecule has 0 heterocycles. The number of hydrogen-bond acceptors (Lipinski definition) is 6. The van der Waals surface area contributed by atoms with Gasteiger partial charge in [0.15, 0.2) is 0 Å². The van der Waals surface area contributed by atoms with Crippen molar-refractivity contribution < 1.29 is 23.0 Å². The Morgan fingerprint density at radius 3 is 2.10 bits per heavy atom. The lowest BCUT2D eigenvalue weighted by molar-refractivity contribution is 0.201. The predicted molar refractivity (Wildman–Crippen MR) is 78.4 cm³/mol. The summed E-state index contributed by atoms with van der Waals surface area (Å²) in [6, 6.07) is 3.22. The molecule has 0 bridgehead atoms. The highest BCUT2D eigenvalue weighted by molar-refractivity contribution is 7.90. The van der Waals surface area contributed by atoms with Crippen LogP contribution >= 0.6 is 0 Å². The first kappa shape index (κ1) is 16.6. The molecule has 114 valence electrons. The van der Waals surface area contributed by atoms with Gasteiger partial charge in [-0.2, -0.15) is 0 Å².